The van der Waals surface area contributed by atoms with Crippen LogP contribution in [0.15, 0.2) is 0 Å². The number of likely N-dealkylation sites (N-methyl/N-ethyl adjacent to an activating group) is 1. The molecule has 2 heterocycles. The van der Waals surface area contributed by atoms with Crippen LogP contribution < -0.4 is 5.32 Å². The Bertz CT molecular complexity index is 299. The number of amides is 2. The first-order valence-electron chi connectivity index (χ1n) is 5.14. The van der Waals surface area contributed by atoms with Gasteiger partial charge >= 0.3 is 12.2 Å². The molecule has 2 amide bonds. The van der Waals surface area contributed by atoms with E-state index in [1.165, 1.54) is 4.90 Å². The van der Waals surface area contributed by atoms with Gasteiger partial charge in [0.2, 0.25) is 0 Å². The fraction of sp³-hybridized carbons (Fsp3) is 0.889. The quantitative estimate of drug-likeness (QED) is 0.726. The topological polar surface area (TPSA) is 35.6 Å². The highest BCUT2D eigenvalue weighted by Gasteiger charge is 2.53. The largest absolute Gasteiger partial charge is 0.406 e. The molecule has 1 N–H and O–H groups in total. The second-order valence-electron chi connectivity index (χ2n) is 4.49. The van der Waals surface area contributed by atoms with Crippen molar-refractivity contribution in [1.29, 1.82) is 0 Å². The van der Waals surface area contributed by atoms with E-state index in [2.05, 4.69) is 5.32 Å². The molecule has 0 aromatic carbocycles. The lowest BCUT2D eigenvalue weighted by Crippen LogP contribution is -2.52. The van der Waals surface area contributed by atoms with Gasteiger partial charge in [-0.05, 0) is 13.0 Å². The van der Waals surface area contributed by atoms with Gasteiger partial charge in [-0.25, -0.2) is 4.79 Å². The predicted molar refractivity (Wildman–Crippen MR) is 51.0 cm³/mol. The number of nitrogens with zero attached hydrogens (tertiary/aromatic N) is 2. The van der Waals surface area contributed by atoms with Gasteiger partial charge in [-0.1, -0.05) is 0 Å². The maximum Gasteiger partial charge on any atom is 0.406 e. The molecule has 0 aliphatic carbocycles. The molecular weight excluding hydrogens is 223 g/mol. The first-order valence-corrected chi connectivity index (χ1v) is 5.14. The molecule has 0 saturated carbocycles. The molecule has 2 aliphatic rings. The van der Waals surface area contributed by atoms with E-state index in [0.717, 1.165) is 4.90 Å². The lowest BCUT2D eigenvalue weighted by molar-refractivity contribution is -0.146. The maximum absolute atomic E-state index is 12.4. The third-order valence-corrected chi connectivity index (χ3v) is 3.22. The monoisotopic (exact) mass is 237 g/mol. The van der Waals surface area contributed by atoms with Crippen LogP contribution in [-0.2, 0) is 0 Å². The zero-order valence-corrected chi connectivity index (χ0v) is 8.97. The van der Waals surface area contributed by atoms with Gasteiger partial charge in [0.05, 0.1) is 5.54 Å². The summed E-state index contributed by atoms with van der Waals surface area (Å²) in [6.45, 7) is 0.321. The standard InChI is InChI=1S/C9H14F3N3O/c1-14-5-8(2-3-13-4-8)15(7(14)16)6-9(10,11)12/h13H,2-6H2,1H3. The van der Waals surface area contributed by atoms with E-state index in [1.807, 2.05) is 0 Å². The van der Waals surface area contributed by atoms with E-state index in [0.29, 0.717) is 26.1 Å². The SMILES string of the molecule is CN1CC2(CCNC2)N(CC(F)(F)F)C1=O. The first-order chi connectivity index (χ1) is 7.34. The van der Waals surface area contributed by atoms with Crippen LogP contribution in [0.3, 0.4) is 0 Å². The van der Waals surface area contributed by atoms with Crippen molar-refractivity contribution in [2.45, 2.75) is 18.1 Å². The lowest BCUT2D eigenvalue weighted by atomic mass is 9.98. The maximum atomic E-state index is 12.4. The predicted octanol–water partition coefficient (Wildman–Crippen LogP) is 0.648. The van der Waals surface area contributed by atoms with Gasteiger partial charge in [0.25, 0.3) is 0 Å². The molecule has 0 aromatic rings. The zero-order chi connectivity index (χ0) is 12.0. The number of urea groups is 1. The van der Waals surface area contributed by atoms with Crippen LogP contribution in [0.1, 0.15) is 6.42 Å². The Morgan fingerprint density at radius 1 is 1.50 bits per heavy atom. The van der Waals surface area contributed by atoms with Crippen molar-refractivity contribution in [3.63, 3.8) is 0 Å². The fourth-order valence-corrected chi connectivity index (χ4v) is 2.51. The Balaban J connectivity index is 2.21. The highest BCUT2D eigenvalue weighted by atomic mass is 19.4. The zero-order valence-electron chi connectivity index (χ0n) is 8.97. The summed E-state index contributed by atoms with van der Waals surface area (Å²) in [5.74, 6) is 0. The molecule has 92 valence electrons. The number of hydrogen-bond donors (Lipinski definition) is 1. The van der Waals surface area contributed by atoms with E-state index in [-0.39, 0.29) is 0 Å². The van der Waals surface area contributed by atoms with Crippen LogP contribution in [0.5, 0.6) is 0 Å². The molecule has 16 heavy (non-hydrogen) atoms. The Labute approximate surface area is 91.4 Å². The molecule has 7 heteroatoms. The smallest absolute Gasteiger partial charge is 0.325 e. The third-order valence-electron chi connectivity index (χ3n) is 3.22. The minimum absolute atomic E-state index is 0.370. The number of carbonyl (C=O) groups excluding carboxylic acids is 1. The van der Waals surface area contributed by atoms with E-state index in [9.17, 15) is 18.0 Å². The fourth-order valence-electron chi connectivity index (χ4n) is 2.51. The minimum atomic E-state index is -4.34. The van der Waals surface area contributed by atoms with E-state index in [1.54, 1.807) is 7.05 Å². The van der Waals surface area contributed by atoms with Crippen molar-refractivity contribution in [3.05, 3.63) is 0 Å². The van der Waals surface area contributed by atoms with Crippen LogP contribution in [-0.4, -0.2) is 60.8 Å². The molecule has 0 bridgehead atoms. The second-order valence-corrected chi connectivity index (χ2v) is 4.49. The average molecular weight is 237 g/mol. The third kappa shape index (κ3) is 1.83. The molecular formula is C9H14F3N3O. The van der Waals surface area contributed by atoms with Crippen LogP contribution in [0.2, 0.25) is 0 Å². The summed E-state index contributed by atoms with van der Waals surface area (Å²) in [6.07, 6.45) is -3.75. The summed E-state index contributed by atoms with van der Waals surface area (Å²) in [4.78, 5) is 14.0. The Kier molecular flexibility index (Phi) is 2.52. The van der Waals surface area contributed by atoms with Gasteiger partial charge in [0.15, 0.2) is 0 Å². The summed E-state index contributed by atoms with van der Waals surface area (Å²) in [5.41, 5.74) is -0.665. The molecule has 4 nitrogen and oxygen atoms in total. The number of carbonyl (C=O) groups is 1. The van der Waals surface area contributed by atoms with Gasteiger partial charge < -0.3 is 15.1 Å². The number of nitrogens with one attached hydrogen (secondary N) is 1. The normalized spacial score (nSPS) is 30.9. The van der Waals surface area contributed by atoms with Crippen LogP contribution >= 0.6 is 0 Å². The summed E-state index contributed by atoms with van der Waals surface area (Å²) in [6, 6.07) is -0.527. The summed E-state index contributed by atoms with van der Waals surface area (Å²) < 4.78 is 37.2. The van der Waals surface area contributed by atoms with Gasteiger partial charge in [0.1, 0.15) is 6.54 Å². The van der Waals surface area contributed by atoms with Gasteiger partial charge in [-0.3, -0.25) is 0 Å². The molecule has 2 rings (SSSR count). The van der Waals surface area contributed by atoms with Gasteiger partial charge in [-0.15, -0.1) is 0 Å². The van der Waals surface area contributed by atoms with Crippen molar-refractivity contribution >= 4 is 6.03 Å². The molecule has 1 atom stereocenters. The van der Waals surface area contributed by atoms with Gasteiger partial charge in [0, 0.05) is 20.1 Å². The van der Waals surface area contributed by atoms with Crippen molar-refractivity contribution in [2.24, 2.45) is 0 Å². The van der Waals surface area contributed by atoms with Crippen molar-refractivity contribution in [2.75, 3.05) is 33.2 Å². The molecule has 0 radical (unpaired) electrons. The number of halogens is 3. The van der Waals surface area contributed by atoms with Gasteiger partial charge in [-0.2, -0.15) is 13.2 Å². The molecule has 2 saturated heterocycles. The summed E-state index contributed by atoms with van der Waals surface area (Å²) in [5, 5.41) is 3.02. The molecule has 2 aliphatic heterocycles. The van der Waals surface area contributed by atoms with Crippen molar-refractivity contribution in [1.82, 2.24) is 15.1 Å². The average Bonchev–Trinajstić information content (AvgIpc) is 2.68. The van der Waals surface area contributed by atoms with Crippen molar-refractivity contribution in [3.8, 4) is 0 Å². The molecule has 2 fully saturated rings. The first kappa shape index (κ1) is 11.5. The summed E-state index contributed by atoms with van der Waals surface area (Å²) in [7, 11) is 1.54. The van der Waals surface area contributed by atoms with Crippen LogP contribution in [0.25, 0.3) is 0 Å². The number of alkyl halides is 3. The molecule has 0 aromatic heterocycles. The summed E-state index contributed by atoms with van der Waals surface area (Å²) >= 11 is 0. The Hall–Kier alpha value is -0.980. The lowest BCUT2D eigenvalue weighted by Gasteiger charge is -2.32. The highest BCUT2D eigenvalue weighted by Crippen LogP contribution is 2.33. The minimum Gasteiger partial charge on any atom is -0.325 e. The molecule has 1 spiro atoms. The number of rotatable bonds is 1. The second kappa shape index (κ2) is 3.51. The Morgan fingerprint density at radius 2 is 2.19 bits per heavy atom. The van der Waals surface area contributed by atoms with E-state index in [4.69, 9.17) is 0 Å². The van der Waals surface area contributed by atoms with Crippen LogP contribution in [0.4, 0.5) is 18.0 Å². The Morgan fingerprint density at radius 3 is 2.69 bits per heavy atom. The molecule has 1 unspecified atom stereocenters. The highest BCUT2D eigenvalue weighted by molar-refractivity contribution is 5.78. The van der Waals surface area contributed by atoms with Crippen LogP contribution in [0, 0.1) is 0 Å². The van der Waals surface area contributed by atoms with Crippen molar-refractivity contribution < 1.29 is 18.0 Å². The van der Waals surface area contributed by atoms with E-state index >= 15 is 0 Å². The number of hydrogen-bond acceptors (Lipinski definition) is 2. The van der Waals surface area contributed by atoms with E-state index < -0.39 is 24.3 Å².